The molecule has 3 amide bonds. The number of benzene rings is 3. The molecule has 0 saturated heterocycles. The van der Waals surface area contributed by atoms with Crippen molar-refractivity contribution in [3.05, 3.63) is 111 Å². The normalized spacial score (nSPS) is 13.2. The number of carbonyl (C=O) groups excluding carboxylic acids is 4. The van der Waals surface area contributed by atoms with Crippen LogP contribution in [0.15, 0.2) is 83.5 Å². The fourth-order valence-corrected chi connectivity index (χ4v) is 3.87. The van der Waals surface area contributed by atoms with Crippen LogP contribution in [0, 0.1) is 6.92 Å². The first kappa shape index (κ1) is 24.7. The van der Waals surface area contributed by atoms with Crippen molar-refractivity contribution in [3.8, 4) is 0 Å². The van der Waals surface area contributed by atoms with Crippen molar-refractivity contribution in [2.75, 3.05) is 5.32 Å². The van der Waals surface area contributed by atoms with Crippen LogP contribution in [0.3, 0.4) is 0 Å². The van der Waals surface area contributed by atoms with E-state index >= 15 is 0 Å². The number of hydrogen-bond donors (Lipinski definition) is 2. The number of imide groups is 1. The minimum absolute atomic E-state index is 0.0498. The van der Waals surface area contributed by atoms with Gasteiger partial charge in [-0.1, -0.05) is 72.3 Å². The van der Waals surface area contributed by atoms with Crippen molar-refractivity contribution in [1.29, 1.82) is 0 Å². The fraction of sp³-hybridized carbons (Fsp3) is 0.111. The highest BCUT2D eigenvalue weighted by atomic mass is 35.5. The average Bonchev–Trinajstić information content (AvgIpc) is 3.07. The van der Waals surface area contributed by atoms with E-state index in [1.54, 1.807) is 37.3 Å². The van der Waals surface area contributed by atoms with E-state index in [9.17, 15) is 24.3 Å². The topological polar surface area (TPSA) is 119 Å². The van der Waals surface area contributed by atoms with Crippen molar-refractivity contribution < 1.29 is 24.3 Å². The molecule has 0 radical (unpaired) electrons. The number of halogens is 1. The summed E-state index contributed by atoms with van der Waals surface area (Å²) in [4.78, 5) is 50.3. The van der Waals surface area contributed by atoms with Gasteiger partial charge < -0.3 is 20.5 Å². The van der Waals surface area contributed by atoms with Crippen molar-refractivity contribution in [2.45, 2.75) is 20.0 Å². The Kier molecular flexibility index (Phi) is 7.17. The molecular weight excluding hydrogens is 482 g/mol. The Hall–Kier alpha value is -4.43. The zero-order valence-corrected chi connectivity index (χ0v) is 20.0. The smallest absolute Gasteiger partial charge is 0.279 e. The Bertz CT molecular complexity index is 1380. The number of nitrogens with zero attached hydrogens (tertiary/aromatic N) is 1. The molecule has 0 bridgehead atoms. The number of nitrogens with one attached hydrogen (secondary N) is 2. The number of hydrogen-bond acceptors (Lipinski definition) is 6. The second-order valence-corrected chi connectivity index (χ2v) is 8.57. The number of amides is 3. The number of aryl methyl sites for hydroxylation is 1. The molecule has 3 aromatic rings. The lowest BCUT2D eigenvalue weighted by Gasteiger charge is -2.16. The lowest BCUT2D eigenvalue weighted by Crippen LogP contribution is -2.31. The predicted octanol–water partition coefficient (Wildman–Crippen LogP) is 2.72. The summed E-state index contributed by atoms with van der Waals surface area (Å²) < 4.78 is 0. The van der Waals surface area contributed by atoms with Crippen LogP contribution >= 0.6 is 11.6 Å². The van der Waals surface area contributed by atoms with Crippen LogP contribution in [0.25, 0.3) is 0 Å². The number of carbonyl (C=O) groups is 4. The Balaban J connectivity index is 1.46. The minimum Gasteiger partial charge on any atom is -0.545 e. The third-order valence-electron chi connectivity index (χ3n) is 5.70. The van der Waals surface area contributed by atoms with E-state index < -0.39 is 17.8 Å². The molecule has 0 aromatic heterocycles. The molecule has 1 aliphatic rings. The van der Waals surface area contributed by atoms with Crippen molar-refractivity contribution in [1.82, 2.24) is 10.2 Å². The average molecular weight is 503 g/mol. The maximum Gasteiger partial charge on any atom is 0.279 e. The van der Waals surface area contributed by atoms with Gasteiger partial charge in [0.05, 0.1) is 12.5 Å². The molecular formula is C27H21ClN3O5-. The summed E-state index contributed by atoms with van der Waals surface area (Å²) in [6, 6.07) is 20.0. The summed E-state index contributed by atoms with van der Waals surface area (Å²) in [5.74, 6) is -2.79. The quantitative estimate of drug-likeness (QED) is 0.457. The van der Waals surface area contributed by atoms with Crippen molar-refractivity contribution in [2.24, 2.45) is 0 Å². The van der Waals surface area contributed by atoms with Gasteiger partial charge >= 0.3 is 0 Å². The van der Waals surface area contributed by atoms with Gasteiger partial charge in [0.2, 0.25) is 0 Å². The Labute approximate surface area is 212 Å². The van der Waals surface area contributed by atoms with Gasteiger partial charge in [-0.05, 0) is 41.3 Å². The van der Waals surface area contributed by atoms with E-state index in [2.05, 4.69) is 10.6 Å². The van der Waals surface area contributed by atoms with Gasteiger partial charge in [0.15, 0.2) is 0 Å². The van der Waals surface area contributed by atoms with E-state index in [1.807, 2.05) is 30.3 Å². The fourth-order valence-electron chi connectivity index (χ4n) is 3.64. The number of anilines is 1. The Morgan fingerprint density at radius 1 is 0.889 bits per heavy atom. The van der Waals surface area contributed by atoms with Gasteiger partial charge in [-0.3, -0.25) is 19.3 Å². The summed E-state index contributed by atoms with van der Waals surface area (Å²) in [5, 5.41) is 16.3. The van der Waals surface area contributed by atoms with E-state index in [0.717, 1.165) is 16.0 Å². The highest BCUT2D eigenvalue weighted by molar-refractivity contribution is 6.48. The van der Waals surface area contributed by atoms with Crippen molar-refractivity contribution >= 4 is 41.0 Å². The molecule has 1 heterocycles. The molecule has 3 aromatic carbocycles. The monoisotopic (exact) mass is 502 g/mol. The van der Waals surface area contributed by atoms with Crippen LogP contribution in [-0.4, -0.2) is 28.6 Å². The van der Waals surface area contributed by atoms with Gasteiger partial charge in [-0.15, -0.1) is 0 Å². The third-order valence-corrected chi connectivity index (χ3v) is 6.05. The standard InChI is InChI=1S/C27H22ClN3O5/c1-16-7-10-20(24(32)29-14-17-8-11-19(12-9-17)27(35)36)13-21(16)30-23-22(28)25(33)31(26(23)34)15-18-5-3-2-4-6-18/h2-13,30H,14-15H2,1H3,(H,29,32)(H,35,36)/p-1. The zero-order chi connectivity index (χ0) is 25.8. The highest BCUT2D eigenvalue weighted by Gasteiger charge is 2.38. The van der Waals surface area contributed by atoms with Gasteiger partial charge in [0, 0.05) is 17.8 Å². The third kappa shape index (κ3) is 5.29. The zero-order valence-electron chi connectivity index (χ0n) is 19.2. The summed E-state index contributed by atoms with van der Waals surface area (Å²) in [6.45, 7) is 2.06. The Morgan fingerprint density at radius 3 is 2.22 bits per heavy atom. The lowest BCUT2D eigenvalue weighted by molar-refractivity contribution is -0.255. The number of rotatable bonds is 8. The SMILES string of the molecule is Cc1ccc(C(=O)NCc2ccc(C(=O)[O-])cc2)cc1NC1=C(Cl)C(=O)N(Cc2ccccc2)C1=O. The molecule has 4 rings (SSSR count). The lowest BCUT2D eigenvalue weighted by atomic mass is 10.1. The largest absolute Gasteiger partial charge is 0.545 e. The van der Waals surface area contributed by atoms with Gasteiger partial charge in [0.1, 0.15) is 10.7 Å². The van der Waals surface area contributed by atoms with Crippen LogP contribution in [0.1, 0.15) is 37.4 Å². The molecule has 0 aliphatic carbocycles. The van der Waals surface area contributed by atoms with Crippen molar-refractivity contribution in [3.63, 3.8) is 0 Å². The first-order chi connectivity index (χ1) is 17.2. The van der Waals surface area contributed by atoms with Crippen LogP contribution in [0.2, 0.25) is 0 Å². The number of aromatic carboxylic acids is 1. The van der Waals surface area contributed by atoms with E-state index in [-0.39, 0.29) is 35.3 Å². The molecule has 36 heavy (non-hydrogen) atoms. The van der Waals surface area contributed by atoms with E-state index in [0.29, 0.717) is 16.8 Å². The van der Waals surface area contributed by atoms with E-state index in [4.69, 9.17) is 11.6 Å². The molecule has 0 spiro atoms. The van der Waals surface area contributed by atoms with Crippen LogP contribution in [-0.2, 0) is 22.7 Å². The molecule has 2 N–H and O–H groups in total. The second-order valence-electron chi connectivity index (χ2n) is 8.19. The van der Waals surface area contributed by atoms with Gasteiger partial charge in [0.25, 0.3) is 17.7 Å². The van der Waals surface area contributed by atoms with Gasteiger partial charge in [-0.25, -0.2) is 0 Å². The Morgan fingerprint density at radius 2 is 1.56 bits per heavy atom. The molecule has 0 unspecified atom stereocenters. The second kappa shape index (κ2) is 10.5. The molecule has 9 heteroatoms. The van der Waals surface area contributed by atoms with Gasteiger partial charge in [-0.2, -0.15) is 0 Å². The molecule has 0 saturated carbocycles. The van der Waals surface area contributed by atoms with Crippen LogP contribution in [0.4, 0.5) is 5.69 Å². The summed E-state index contributed by atoms with van der Waals surface area (Å²) in [5.41, 5.74) is 3.02. The first-order valence-corrected chi connectivity index (χ1v) is 11.4. The first-order valence-electron chi connectivity index (χ1n) is 11.0. The maximum absolute atomic E-state index is 13.0. The van der Waals surface area contributed by atoms with E-state index in [1.165, 1.54) is 12.1 Å². The molecule has 182 valence electrons. The summed E-state index contributed by atoms with van der Waals surface area (Å²) in [7, 11) is 0. The molecule has 8 nitrogen and oxygen atoms in total. The summed E-state index contributed by atoms with van der Waals surface area (Å²) in [6.07, 6.45) is 0. The summed E-state index contributed by atoms with van der Waals surface area (Å²) >= 11 is 6.22. The highest BCUT2D eigenvalue weighted by Crippen LogP contribution is 2.28. The number of carboxylic acid groups (broad SMARTS) is 1. The predicted molar refractivity (Wildman–Crippen MR) is 132 cm³/mol. The minimum atomic E-state index is -1.27. The molecule has 0 fully saturated rings. The maximum atomic E-state index is 13.0. The van der Waals surface area contributed by atoms with Crippen LogP contribution in [0.5, 0.6) is 0 Å². The van der Waals surface area contributed by atoms with Crippen LogP contribution < -0.4 is 15.7 Å². The number of carboxylic acids is 1. The molecule has 0 atom stereocenters. The molecule has 1 aliphatic heterocycles.